The zero-order valence-corrected chi connectivity index (χ0v) is 20.3. The van der Waals surface area contributed by atoms with Gasteiger partial charge in [0.15, 0.2) is 0 Å². The number of amides is 2. The van der Waals surface area contributed by atoms with Crippen molar-refractivity contribution in [3.63, 3.8) is 0 Å². The van der Waals surface area contributed by atoms with Crippen LogP contribution in [-0.4, -0.2) is 48.1 Å². The van der Waals surface area contributed by atoms with Crippen LogP contribution in [0.4, 0.5) is 5.69 Å². The Morgan fingerprint density at radius 2 is 1.71 bits per heavy atom. The predicted molar refractivity (Wildman–Crippen MR) is 136 cm³/mol. The zero-order valence-electron chi connectivity index (χ0n) is 20.3. The Hall–Kier alpha value is -3.35. The molecule has 0 aliphatic carbocycles. The molecule has 2 amide bonds. The fourth-order valence-corrected chi connectivity index (χ4v) is 4.59. The summed E-state index contributed by atoms with van der Waals surface area (Å²) in [6, 6.07) is 18.7. The summed E-state index contributed by atoms with van der Waals surface area (Å²) < 4.78 is 0. The minimum absolute atomic E-state index is 0.00118. The second-order valence-corrected chi connectivity index (χ2v) is 10.1. The quantitative estimate of drug-likeness (QED) is 0.614. The Labute approximate surface area is 202 Å². The number of benzene rings is 2. The lowest BCUT2D eigenvalue weighted by molar-refractivity contribution is -0.132. The monoisotopic (exact) mass is 461 g/mol. The van der Waals surface area contributed by atoms with E-state index in [2.05, 4.69) is 66.2 Å². The first-order valence-electron chi connectivity index (χ1n) is 12.1. The molecule has 0 spiro atoms. The molecule has 7 heteroatoms. The lowest BCUT2D eigenvalue weighted by Gasteiger charge is -2.34. The Kier molecular flexibility index (Phi) is 7.20. The number of carbonyl (C=O) groups is 2. The van der Waals surface area contributed by atoms with Crippen LogP contribution in [0.15, 0.2) is 59.7 Å². The van der Waals surface area contributed by atoms with Crippen molar-refractivity contribution in [1.29, 1.82) is 0 Å². The molecule has 7 nitrogen and oxygen atoms in total. The van der Waals surface area contributed by atoms with E-state index in [1.807, 2.05) is 35.2 Å². The summed E-state index contributed by atoms with van der Waals surface area (Å²) in [7, 11) is 0. The van der Waals surface area contributed by atoms with E-state index >= 15 is 0 Å². The standard InChI is InChI=1S/C27H35N5O2/c1-27(2,3)21-11-7-8-12-22(21)29-20-13-15-32(16-14-20)25(33)18-28-26(34)24-17-23(30-31-24)19-9-5-4-6-10-19/h4-12,20,23,29-30H,13-18H2,1-3H3,(H,28,34). The van der Waals surface area contributed by atoms with Crippen molar-refractivity contribution in [3.8, 4) is 0 Å². The van der Waals surface area contributed by atoms with Gasteiger partial charge in [-0.05, 0) is 35.4 Å². The number of piperidine rings is 1. The number of nitrogens with one attached hydrogen (secondary N) is 3. The number of hydrazone groups is 1. The van der Waals surface area contributed by atoms with Crippen molar-refractivity contribution in [2.75, 3.05) is 25.0 Å². The molecule has 4 rings (SSSR count). The van der Waals surface area contributed by atoms with Crippen molar-refractivity contribution in [2.24, 2.45) is 5.10 Å². The molecule has 1 saturated heterocycles. The van der Waals surface area contributed by atoms with Crippen molar-refractivity contribution < 1.29 is 9.59 Å². The smallest absolute Gasteiger partial charge is 0.267 e. The van der Waals surface area contributed by atoms with Crippen LogP contribution in [0.3, 0.4) is 0 Å². The maximum absolute atomic E-state index is 12.7. The van der Waals surface area contributed by atoms with E-state index in [0.29, 0.717) is 31.3 Å². The summed E-state index contributed by atoms with van der Waals surface area (Å²) in [5, 5.41) is 10.6. The Bertz CT molecular complexity index is 1040. The summed E-state index contributed by atoms with van der Waals surface area (Å²) in [5.74, 6) is -0.331. The Morgan fingerprint density at radius 3 is 2.41 bits per heavy atom. The van der Waals surface area contributed by atoms with Crippen LogP contribution < -0.4 is 16.1 Å². The topological polar surface area (TPSA) is 85.8 Å². The molecule has 34 heavy (non-hydrogen) atoms. The molecule has 2 aromatic carbocycles. The average molecular weight is 462 g/mol. The number of likely N-dealkylation sites (tertiary alicyclic amines) is 1. The largest absolute Gasteiger partial charge is 0.382 e. The van der Waals surface area contributed by atoms with E-state index in [0.717, 1.165) is 18.4 Å². The number of carbonyl (C=O) groups excluding carboxylic acids is 2. The molecule has 0 saturated carbocycles. The van der Waals surface area contributed by atoms with E-state index in [9.17, 15) is 9.59 Å². The Morgan fingerprint density at radius 1 is 1.03 bits per heavy atom. The highest BCUT2D eigenvalue weighted by atomic mass is 16.2. The van der Waals surface area contributed by atoms with Gasteiger partial charge < -0.3 is 21.0 Å². The maximum atomic E-state index is 12.7. The number of anilines is 1. The van der Waals surface area contributed by atoms with Gasteiger partial charge in [-0.3, -0.25) is 9.59 Å². The van der Waals surface area contributed by atoms with Gasteiger partial charge in [0, 0.05) is 31.2 Å². The van der Waals surface area contributed by atoms with Crippen LogP contribution in [0.2, 0.25) is 0 Å². The second kappa shape index (κ2) is 10.3. The van der Waals surface area contributed by atoms with Gasteiger partial charge in [0.05, 0.1) is 12.6 Å². The van der Waals surface area contributed by atoms with E-state index in [4.69, 9.17) is 0 Å². The molecule has 2 aromatic rings. The van der Waals surface area contributed by atoms with Crippen molar-refractivity contribution in [3.05, 3.63) is 65.7 Å². The van der Waals surface area contributed by atoms with E-state index in [1.165, 1.54) is 11.3 Å². The minimum Gasteiger partial charge on any atom is -0.382 e. The van der Waals surface area contributed by atoms with Crippen LogP contribution in [0.25, 0.3) is 0 Å². The summed E-state index contributed by atoms with van der Waals surface area (Å²) in [6.45, 7) is 8.03. The molecule has 180 valence electrons. The molecule has 3 N–H and O–H groups in total. The molecule has 1 atom stereocenters. The van der Waals surface area contributed by atoms with Crippen molar-refractivity contribution in [1.82, 2.24) is 15.6 Å². The number of rotatable bonds is 6. The fraction of sp³-hybridized carbons (Fsp3) is 0.444. The number of para-hydroxylation sites is 1. The van der Waals surface area contributed by atoms with E-state index in [1.54, 1.807) is 0 Å². The molecule has 1 unspecified atom stereocenters. The normalized spacial score (nSPS) is 18.7. The fourth-order valence-electron chi connectivity index (χ4n) is 4.59. The van der Waals surface area contributed by atoms with Crippen LogP contribution in [-0.2, 0) is 15.0 Å². The van der Waals surface area contributed by atoms with Gasteiger partial charge in [-0.25, -0.2) is 0 Å². The third-order valence-corrected chi connectivity index (χ3v) is 6.56. The van der Waals surface area contributed by atoms with Gasteiger partial charge in [-0.2, -0.15) is 5.10 Å². The molecule has 0 bridgehead atoms. The average Bonchev–Trinajstić information content (AvgIpc) is 3.34. The Balaban J connectivity index is 1.21. The molecular formula is C27H35N5O2. The van der Waals surface area contributed by atoms with Crippen LogP contribution >= 0.6 is 0 Å². The first kappa shape index (κ1) is 23.8. The van der Waals surface area contributed by atoms with Gasteiger partial charge >= 0.3 is 0 Å². The predicted octanol–water partition coefficient (Wildman–Crippen LogP) is 3.59. The van der Waals surface area contributed by atoms with Crippen molar-refractivity contribution in [2.45, 2.75) is 57.5 Å². The second-order valence-electron chi connectivity index (χ2n) is 10.1. The third-order valence-electron chi connectivity index (χ3n) is 6.56. The highest BCUT2D eigenvalue weighted by molar-refractivity contribution is 6.39. The van der Waals surface area contributed by atoms with Gasteiger partial charge in [-0.15, -0.1) is 0 Å². The maximum Gasteiger partial charge on any atom is 0.267 e. The summed E-state index contributed by atoms with van der Waals surface area (Å²) in [4.78, 5) is 27.0. The summed E-state index contributed by atoms with van der Waals surface area (Å²) in [6.07, 6.45) is 2.28. The summed E-state index contributed by atoms with van der Waals surface area (Å²) >= 11 is 0. The molecule has 2 aliphatic heterocycles. The third kappa shape index (κ3) is 5.76. The summed E-state index contributed by atoms with van der Waals surface area (Å²) in [5.41, 5.74) is 7.08. The number of hydrogen-bond donors (Lipinski definition) is 3. The number of nitrogens with zero attached hydrogens (tertiary/aromatic N) is 2. The van der Waals surface area contributed by atoms with Crippen molar-refractivity contribution >= 4 is 23.2 Å². The van der Waals surface area contributed by atoms with Crippen LogP contribution in [0, 0.1) is 0 Å². The van der Waals surface area contributed by atoms with E-state index in [-0.39, 0.29) is 29.8 Å². The van der Waals surface area contributed by atoms with E-state index < -0.39 is 0 Å². The number of hydrogen-bond acceptors (Lipinski definition) is 5. The van der Waals surface area contributed by atoms with Crippen LogP contribution in [0.5, 0.6) is 0 Å². The molecule has 2 heterocycles. The lowest BCUT2D eigenvalue weighted by Crippen LogP contribution is -2.47. The molecule has 0 radical (unpaired) electrons. The van der Waals surface area contributed by atoms with Gasteiger partial charge in [0.2, 0.25) is 5.91 Å². The highest BCUT2D eigenvalue weighted by Crippen LogP contribution is 2.30. The first-order chi connectivity index (χ1) is 16.3. The highest BCUT2D eigenvalue weighted by Gasteiger charge is 2.27. The molecule has 2 aliphatic rings. The SMILES string of the molecule is CC(C)(C)c1ccccc1NC1CCN(C(=O)CNC(=O)C2=NNC(c3ccccc3)C2)CC1. The minimum atomic E-state index is -0.283. The van der Waals surface area contributed by atoms with Gasteiger partial charge in [-0.1, -0.05) is 69.3 Å². The van der Waals surface area contributed by atoms with Gasteiger partial charge in [0.25, 0.3) is 5.91 Å². The zero-order chi connectivity index (χ0) is 24.1. The first-order valence-corrected chi connectivity index (χ1v) is 12.1. The molecule has 0 aromatic heterocycles. The van der Waals surface area contributed by atoms with Crippen LogP contribution in [0.1, 0.15) is 57.2 Å². The lowest BCUT2D eigenvalue weighted by atomic mass is 9.85. The molecular weight excluding hydrogens is 426 g/mol. The molecule has 1 fully saturated rings. The van der Waals surface area contributed by atoms with Gasteiger partial charge in [0.1, 0.15) is 5.71 Å².